The Kier molecular flexibility index (Phi) is 7.42. The molecule has 1 aliphatic carbocycles. The Hall–Kier alpha value is -4.47. The van der Waals surface area contributed by atoms with Gasteiger partial charge in [-0.25, -0.2) is 14.4 Å². The Balaban J connectivity index is 1.39. The highest BCUT2D eigenvalue weighted by molar-refractivity contribution is 5.97. The first-order valence-corrected chi connectivity index (χ1v) is 13.5. The third kappa shape index (κ3) is 5.21. The van der Waals surface area contributed by atoms with E-state index in [4.69, 9.17) is 20.2 Å². The second-order valence-corrected chi connectivity index (χ2v) is 11.2. The van der Waals surface area contributed by atoms with Crippen molar-refractivity contribution in [2.24, 2.45) is 5.41 Å². The summed E-state index contributed by atoms with van der Waals surface area (Å²) in [5.41, 5.74) is 8.87. The summed E-state index contributed by atoms with van der Waals surface area (Å²) in [4.78, 5) is 34.5. The summed E-state index contributed by atoms with van der Waals surface area (Å²) in [7, 11) is 2.87. The van der Waals surface area contributed by atoms with Crippen LogP contribution in [0.25, 0.3) is 16.8 Å². The van der Waals surface area contributed by atoms with Crippen molar-refractivity contribution in [1.29, 1.82) is 0 Å². The number of nitrogens with zero attached hydrogens (tertiary/aromatic N) is 3. The van der Waals surface area contributed by atoms with E-state index in [0.29, 0.717) is 30.1 Å². The van der Waals surface area contributed by atoms with Crippen LogP contribution in [0.4, 0.5) is 10.2 Å². The van der Waals surface area contributed by atoms with Crippen molar-refractivity contribution in [3.05, 3.63) is 77.6 Å². The topological polar surface area (TPSA) is 121 Å². The molecule has 5 rings (SSSR count). The lowest BCUT2D eigenvalue weighted by Crippen LogP contribution is -2.39. The summed E-state index contributed by atoms with van der Waals surface area (Å²) >= 11 is 0. The van der Waals surface area contributed by atoms with Crippen LogP contribution in [0.15, 0.2) is 54.9 Å². The number of rotatable bonds is 7. The standard InChI is InChI=1S/C31H34FN5O4/c1-30(11-13-31(2,14-12-30)29(39)41-4)28-36-24(25-26(33)34-15-16-37(25)28)20-7-5-19(6-8-20)18-35-27(38)22-17-21(32)9-10-23(22)40-3/h5-10,15-17H,11-14,18H2,1-4H3,(H2,33,34)(H,35,38)/t30-,31-. The van der Waals surface area contributed by atoms with Gasteiger partial charge in [0.05, 0.1) is 25.2 Å². The first-order chi connectivity index (χ1) is 19.6. The van der Waals surface area contributed by atoms with Gasteiger partial charge in [0, 0.05) is 29.9 Å². The molecule has 4 aromatic rings. The van der Waals surface area contributed by atoms with Crippen LogP contribution in [0.5, 0.6) is 5.75 Å². The zero-order chi connectivity index (χ0) is 29.4. The molecule has 41 heavy (non-hydrogen) atoms. The second kappa shape index (κ2) is 10.8. The molecule has 2 aromatic heterocycles. The number of halogens is 1. The van der Waals surface area contributed by atoms with Crippen LogP contribution in [0.1, 0.15) is 61.3 Å². The van der Waals surface area contributed by atoms with Crippen molar-refractivity contribution in [2.45, 2.75) is 51.5 Å². The summed E-state index contributed by atoms with van der Waals surface area (Å²) in [5.74, 6) is 0.435. The number of nitrogen functional groups attached to an aromatic ring is 1. The molecule has 1 fully saturated rings. The molecule has 1 saturated carbocycles. The van der Waals surface area contributed by atoms with E-state index in [1.165, 1.54) is 26.4 Å². The van der Waals surface area contributed by atoms with Gasteiger partial charge in [-0.05, 0) is 56.4 Å². The van der Waals surface area contributed by atoms with Gasteiger partial charge >= 0.3 is 5.97 Å². The average molecular weight is 560 g/mol. The smallest absolute Gasteiger partial charge is 0.311 e. The van der Waals surface area contributed by atoms with Crippen molar-refractivity contribution in [3.63, 3.8) is 0 Å². The fourth-order valence-corrected chi connectivity index (χ4v) is 5.63. The number of benzene rings is 2. The summed E-state index contributed by atoms with van der Waals surface area (Å²) < 4.78 is 26.0. The van der Waals surface area contributed by atoms with E-state index >= 15 is 0 Å². The Morgan fingerprint density at radius 2 is 1.78 bits per heavy atom. The normalized spacial score (nSPS) is 20.5. The molecule has 0 bridgehead atoms. The van der Waals surface area contributed by atoms with E-state index in [2.05, 4.69) is 17.2 Å². The number of aromatic nitrogens is 3. The van der Waals surface area contributed by atoms with Crippen molar-refractivity contribution < 1.29 is 23.5 Å². The van der Waals surface area contributed by atoms with Crippen LogP contribution in [-0.2, 0) is 21.5 Å². The van der Waals surface area contributed by atoms with Crippen molar-refractivity contribution in [2.75, 3.05) is 20.0 Å². The first kappa shape index (κ1) is 28.1. The van der Waals surface area contributed by atoms with E-state index < -0.39 is 17.1 Å². The number of hydrogen-bond donors (Lipinski definition) is 2. The summed E-state index contributed by atoms with van der Waals surface area (Å²) in [6, 6.07) is 11.5. The van der Waals surface area contributed by atoms with Crippen LogP contribution < -0.4 is 15.8 Å². The zero-order valence-corrected chi connectivity index (χ0v) is 23.7. The van der Waals surface area contributed by atoms with Gasteiger partial charge < -0.3 is 20.5 Å². The van der Waals surface area contributed by atoms with E-state index in [-0.39, 0.29) is 23.5 Å². The summed E-state index contributed by atoms with van der Waals surface area (Å²) in [6.45, 7) is 4.39. The molecule has 2 aromatic carbocycles. The van der Waals surface area contributed by atoms with Crippen molar-refractivity contribution in [1.82, 2.24) is 19.7 Å². The molecule has 0 atom stereocenters. The molecule has 0 saturated heterocycles. The summed E-state index contributed by atoms with van der Waals surface area (Å²) in [5, 5.41) is 2.82. The Labute approximate surface area is 237 Å². The highest BCUT2D eigenvalue weighted by atomic mass is 19.1. The number of esters is 1. The highest BCUT2D eigenvalue weighted by Crippen LogP contribution is 2.48. The van der Waals surface area contributed by atoms with Crippen LogP contribution in [0.3, 0.4) is 0 Å². The van der Waals surface area contributed by atoms with Gasteiger partial charge in [-0.2, -0.15) is 0 Å². The molecule has 10 heteroatoms. The maximum Gasteiger partial charge on any atom is 0.311 e. The van der Waals surface area contributed by atoms with Gasteiger partial charge in [0.1, 0.15) is 34.4 Å². The molecular formula is C31H34FN5O4. The van der Waals surface area contributed by atoms with E-state index in [1.54, 1.807) is 6.20 Å². The van der Waals surface area contributed by atoms with E-state index in [1.807, 2.05) is 41.8 Å². The number of ether oxygens (including phenoxy) is 2. The lowest BCUT2D eigenvalue weighted by Gasteiger charge is -2.40. The number of methoxy groups -OCH3 is 2. The molecule has 0 spiro atoms. The Morgan fingerprint density at radius 1 is 1.07 bits per heavy atom. The van der Waals surface area contributed by atoms with Crippen LogP contribution in [0, 0.1) is 11.2 Å². The van der Waals surface area contributed by atoms with Gasteiger partial charge in [0.25, 0.3) is 5.91 Å². The van der Waals surface area contributed by atoms with Gasteiger partial charge in [-0.1, -0.05) is 31.2 Å². The molecule has 0 unspecified atom stereocenters. The molecule has 9 nitrogen and oxygen atoms in total. The number of anilines is 1. The lowest BCUT2D eigenvalue weighted by molar-refractivity contribution is -0.154. The zero-order valence-electron chi connectivity index (χ0n) is 23.7. The number of fused-ring (bicyclic) bond motifs is 1. The van der Waals surface area contributed by atoms with E-state index in [9.17, 15) is 14.0 Å². The molecule has 1 amide bonds. The number of hydrogen-bond acceptors (Lipinski definition) is 7. The number of nitrogens with two attached hydrogens (primary N) is 1. The van der Waals surface area contributed by atoms with Gasteiger partial charge in [-0.15, -0.1) is 0 Å². The number of carbonyl (C=O) groups is 2. The molecule has 0 aliphatic heterocycles. The van der Waals surface area contributed by atoms with Gasteiger partial charge in [-0.3, -0.25) is 14.0 Å². The number of imidazole rings is 1. The predicted molar refractivity (Wildman–Crippen MR) is 153 cm³/mol. The SMILES string of the molecule is COc1ccc(F)cc1C(=O)NCc1ccc(-c2nc([C@]3(C)CC[C@@](C)(C(=O)OC)CC3)n3ccnc(N)c23)cc1. The second-order valence-electron chi connectivity index (χ2n) is 11.2. The maximum absolute atomic E-state index is 13.7. The largest absolute Gasteiger partial charge is 0.496 e. The van der Waals surface area contributed by atoms with Gasteiger partial charge in [0.15, 0.2) is 0 Å². The number of nitrogens with one attached hydrogen (secondary N) is 1. The molecule has 1 aliphatic rings. The van der Waals surface area contributed by atoms with Crippen LogP contribution in [-0.4, -0.2) is 40.5 Å². The molecule has 3 N–H and O–H groups in total. The predicted octanol–water partition coefficient (Wildman–Crippen LogP) is 5.07. The monoisotopic (exact) mass is 559 g/mol. The summed E-state index contributed by atoms with van der Waals surface area (Å²) in [6.07, 6.45) is 6.48. The van der Waals surface area contributed by atoms with Crippen LogP contribution >= 0.6 is 0 Å². The van der Waals surface area contributed by atoms with E-state index in [0.717, 1.165) is 41.4 Å². The lowest BCUT2D eigenvalue weighted by atomic mass is 9.65. The van der Waals surface area contributed by atoms with Crippen molar-refractivity contribution >= 4 is 23.2 Å². The average Bonchev–Trinajstić information content (AvgIpc) is 3.39. The minimum Gasteiger partial charge on any atom is -0.496 e. The fraction of sp³-hybridized carbons (Fsp3) is 0.355. The highest BCUT2D eigenvalue weighted by Gasteiger charge is 2.45. The quantitative estimate of drug-likeness (QED) is 0.303. The van der Waals surface area contributed by atoms with Gasteiger partial charge in [0.2, 0.25) is 0 Å². The minimum absolute atomic E-state index is 0.132. The molecule has 0 radical (unpaired) electrons. The molecule has 2 heterocycles. The maximum atomic E-state index is 13.7. The van der Waals surface area contributed by atoms with Crippen LogP contribution in [0.2, 0.25) is 0 Å². The molecular weight excluding hydrogens is 525 g/mol. The third-order valence-corrected chi connectivity index (χ3v) is 8.34. The third-order valence-electron chi connectivity index (χ3n) is 8.34. The number of amides is 1. The first-order valence-electron chi connectivity index (χ1n) is 13.5. The Bertz CT molecular complexity index is 1610. The molecule has 214 valence electrons. The fourth-order valence-electron chi connectivity index (χ4n) is 5.63. The Morgan fingerprint density at radius 3 is 2.44 bits per heavy atom. The van der Waals surface area contributed by atoms with Crippen molar-refractivity contribution in [3.8, 4) is 17.0 Å². The minimum atomic E-state index is -0.514. The number of carbonyl (C=O) groups excluding carboxylic acids is 2.